The van der Waals surface area contributed by atoms with Gasteiger partial charge in [0.2, 0.25) is 0 Å². The average Bonchev–Trinajstić information content (AvgIpc) is 2.83. The summed E-state index contributed by atoms with van der Waals surface area (Å²) < 4.78 is 1.40. The molecule has 0 aliphatic carbocycles. The molecule has 2 N–H and O–H groups in total. The summed E-state index contributed by atoms with van der Waals surface area (Å²) in [5.74, 6) is 0.665. The molecule has 3 rings (SSSR count). The van der Waals surface area contributed by atoms with Crippen LogP contribution in [0.2, 0.25) is 0 Å². The Hall–Kier alpha value is -0.900. The van der Waals surface area contributed by atoms with Gasteiger partial charge in [0.1, 0.15) is 0 Å². The lowest BCUT2D eigenvalue weighted by molar-refractivity contribution is 0.155. The number of piperidine rings is 1. The monoisotopic (exact) mass is 274 g/mol. The van der Waals surface area contributed by atoms with Gasteiger partial charge in [0.25, 0.3) is 0 Å². The van der Waals surface area contributed by atoms with Gasteiger partial charge in [0.15, 0.2) is 0 Å². The second-order valence-electron chi connectivity index (χ2n) is 5.75. The summed E-state index contributed by atoms with van der Waals surface area (Å²) in [4.78, 5) is 2.58. The molecule has 0 amide bonds. The summed E-state index contributed by atoms with van der Waals surface area (Å²) >= 11 is 1.86. The number of fused-ring (bicyclic) bond motifs is 1. The van der Waals surface area contributed by atoms with E-state index in [-0.39, 0.29) is 0 Å². The molecule has 1 fully saturated rings. The Labute approximate surface area is 119 Å². The topological polar surface area (TPSA) is 29.3 Å². The fourth-order valence-corrected chi connectivity index (χ4v) is 4.01. The van der Waals surface area contributed by atoms with Crippen LogP contribution < -0.4 is 5.73 Å². The second-order valence-corrected chi connectivity index (χ2v) is 6.66. The van der Waals surface area contributed by atoms with Gasteiger partial charge in [-0.1, -0.05) is 18.2 Å². The van der Waals surface area contributed by atoms with Crippen molar-refractivity contribution in [1.82, 2.24) is 4.90 Å². The highest BCUT2D eigenvalue weighted by atomic mass is 32.1. The Bertz CT molecular complexity index is 546. The van der Waals surface area contributed by atoms with Crippen LogP contribution in [0.25, 0.3) is 10.1 Å². The highest BCUT2D eigenvalue weighted by Gasteiger charge is 2.23. The van der Waals surface area contributed by atoms with Crippen LogP contribution in [0.1, 0.15) is 25.3 Å². The molecule has 3 heteroatoms. The minimum Gasteiger partial charge on any atom is -0.328 e. The van der Waals surface area contributed by atoms with E-state index < -0.39 is 0 Å². The molecule has 0 bridgehead atoms. The van der Waals surface area contributed by atoms with Gasteiger partial charge in [-0.25, -0.2) is 0 Å². The SMILES string of the molecule is C[C@@H](N)[C@@H]1CCCN(Cc2csc3ccccc23)C1. The van der Waals surface area contributed by atoms with Gasteiger partial charge < -0.3 is 5.73 Å². The molecule has 0 unspecified atom stereocenters. The number of hydrogen-bond acceptors (Lipinski definition) is 3. The highest BCUT2D eigenvalue weighted by molar-refractivity contribution is 7.17. The summed E-state index contributed by atoms with van der Waals surface area (Å²) in [5, 5.41) is 3.75. The summed E-state index contributed by atoms with van der Waals surface area (Å²) in [5.41, 5.74) is 7.55. The van der Waals surface area contributed by atoms with Crippen LogP contribution in [0.4, 0.5) is 0 Å². The van der Waals surface area contributed by atoms with Crippen molar-refractivity contribution in [2.75, 3.05) is 13.1 Å². The van der Waals surface area contributed by atoms with Gasteiger partial charge in [-0.2, -0.15) is 0 Å². The third-order valence-electron chi connectivity index (χ3n) is 4.24. The Morgan fingerprint density at radius 1 is 1.42 bits per heavy atom. The third-order valence-corrected chi connectivity index (χ3v) is 5.25. The molecule has 0 spiro atoms. The van der Waals surface area contributed by atoms with Crippen LogP contribution in [0.3, 0.4) is 0 Å². The smallest absolute Gasteiger partial charge is 0.0346 e. The minimum absolute atomic E-state index is 0.321. The van der Waals surface area contributed by atoms with E-state index in [2.05, 4.69) is 41.5 Å². The zero-order chi connectivity index (χ0) is 13.2. The molecule has 0 saturated carbocycles. The standard InChI is InChI=1S/C16H22N2S/c1-12(17)13-5-4-8-18(9-13)10-14-11-19-16-7-3-2-6-15(14)16/h2-3,6-7,11-13H,4-5,8-10,17H2,1H3/t12-,13-/m1/s1. The van der Waals surface area contributed by atoms with Crippen molar-refractivity contribution in [2.24, 2.45) is 11.7 Å². The van der Waals surface area contributed by atoms with E-state index in [0.717, 1.165) is 13.1 Å². The Kier molecular flexibility index (Phi) is 3.87. The van der Waals surface area contributed by atoms with Gasteiger partial charge in [-0.3, -0.25) is 4.90 Å². The largest absolute Gasteiger partial charge is 0.328 e. The van der Waals surface area contributed by atoms with Crippen LogP contribution in [-0.2, 0) is 6.54 Å². The number of nitrogens with two attached hydrogens (primary N) is 1. The van der Waals surface area contributed by atoms with Crippen LogP contribution in [0, 0.1) is 5.92 Å². The summed E-state index contributed by atoms with van der Waals surface area (Å²) in [6.07, 6.45) is 2.58. The summed E-state index contributed by atoms with van der Waals surface area (Å²) in [7, 11) is 0. The van der Waals surface area contributed by atoms with Crippen molar-refractivity contribution in [1.29, 1.82) is 0 Å². The zero-order valence-corrected chi connectivity index (χ0v) is 12.3. The van der Waals surface area contributed by atoms with E-state index in [1.54, 1.807) is 0 Å². The maximum atomic E-state index is 6.07. The van der Waals surface area contributed by atoms with Gasteiger partial charge >= 0.3 is 0 Å². The van der Waals surface area contributed by atoms with Crippen molar-refractivity contribution >= 4 is 21.4 Å². The molecule has 1 aromatic carbocycles. The number of benzene rings is 1. The van der Waals surface area contributed by atoms with Gasteiger partial charge in [-0.15, -0.1) is 11.3 Å². The first kappa shape index (κ1) is 13.1. The lowest BCUT2D eigenvalue weighted by Crippen LogP contribution is -2.41. The van der Waals surface area contributed by atoms with Crippen LogP contribution in [0.5, 0.6) is 0 Å². The second kappa shape index (κ2) is 5.61. The molecule has 1 aliphatic heterocycles. The van der Waals surface area contributed by atoms with Crippen LogP contribution in [0.15, 0.2) is 29.6 Å². The molecule has 0 radical (unpaired) electrons. The quantitative estimate of drug-likeness (QED) is 0.928. The molecule has 2 heterocycles. The Balaban J connectivity index is 1.74. The highest BCUT2D eigenvalue weighted by Crippen LogP contribution is 2.28. The van der Waals surface area contributed by atoms with E-state index in [4.69, 9.17) is 5.73 Å². The molecule has 2 nitrogen and oxygen atoms in total. The summed E-state index contributed by atoms with van der Waals surface area (Å²) in [6.45, 7) is 5.59. The van der Waals surface area contributed by atoms with E-state index >= 15 is 0 Å². The number of nitrogens with zero attached hydrogens (tertiary/aromatic N) is 1. The number of hydrogen-bond donors (Lipinski definition) is 1. The lowest BCUT2D eigenvalue weighted by Gasteiger charge is -2.34. The molecule has 2 aromatic rings. The minimum atomic E-state index is 0.321. The van der Waals surface area contributed by atoms with Crippen molar-refractivity contribution < 1.29 is 0 Å². The predicted octanol–water partition coefficient (Wildman–Crippen LogP) is 3.46. The van der Waals surface area contributed by atoms with Crippen molar-refractivity contribution in [3.63, 3.8) is 0 Å². The normalized spacial score (nSPS) is 22.7. The molecule has 1 aliphatic rings. The van der Waals surface area contributed by atoms with Crippen molar-refractivity contribution in [3.05, 3.63) is 35.2 Å². The predicted molar refractivity (Wildman–Crippen MR) is 83.5 cm³/mol. The van der Waals surface area contributed by atoms with Crippen molar-refractivity contribution in [3.8, 4) is 0 Å². The maximum absolute atomic E-state index is 6.07. The molecular formula is C16H22N2S. The first-order valence-corrected chi connectivity index (χ1v) is 8.05. The number of rotatable bonds is 3. The van der Waals surface area contributed by atoms with Crippen LogP contribution >= 0.6 is 11.3 Å². The third kappa shape index (κ3) is 2.83. The lowest BCUT2D eigenvalue weighted by atomic mass is 9.92. The van der Waals surface area contributed by atoms with E-state index in [0.29, 0.717) is 12.0 Å². The fourth-order valence-electron chi connectivity index (χ4n) is 3.06. The Morgan fingerprint density at radius 3 is 3.11 bits per heavy atom. The van der Waals surface area contributed by atoms with Crippen LogP contribution in [-0.4, -0.2) is 24.0 Å². The summed E-state index contributed by atoms with van der Waals surface area (Å²) in [6, 6.07) is 9.04. The molecular weight excluding hydrogens is 252 g/mol. The van der Waals surface area contributed by atoms with E-state index in [1.807, 2.05) is 11.3 Å². The fraction of sp³-hybridized carbons (Fsp3) is 0.500. The first-order chi connectivity index (χ1) is 9.24. The molecule has 102 valence electrons. The van der Waals surface area contributed by atoms with Gasteiger partial charge in [0.05, 0.1) is 0 Å². The number of likely N-dealkylation sites (tertiary alicyclic amines) is 1. The van der Waals surface area contributed by atoms with E-state index in [1.165, 1.54) is 35.0 Å². The molecule has 2 atom stereocenters. The van der Waals surface area contributed by atoms with E-state index in [9.17, 15) is 0 Å². The Morgan fingerprint density at radius 2 is 2.26 bits per heavy atom. The first-order valence-electron chi connectivity index (χ1n) is 7.17. The van der Waals surface area contributed by atoms with Gasteiger partial charge in [-0.05, 0) is 54.6 Å². The molecule has 1 aromatic heterocycles. The zero-order valence-electron chi connectivity index (χ0n) is 11.5. The molecule has 1 saturated heterocycles. The maximum Gasteiger partial charge on any atom is 0.0346 e. The average molecular weight is 274 g/mol. The number of thiophene rings is 1. The van der Waals surface area contributed by atoms with Crippen molar-refractivity contribution in [2.45, 2.75) is 32.4 Å². The molecule has 19 heavy (non-hydrogen) atoms. The van der Waals surface area contributed by atoms with Gasteiger partial charge in [0, 0.05) is 23.8 Å².